The lowest BCUT2D eigenvalue weighted by Crippen LogP contribution is -2.16. The zero-order chi connectivity index (χ0) is 13.7. The maximum absolute atomic E-state index is 11.4. The van der Waals surface area contributed by atoms with Crippen LogP contribution in [-0.2, 0) is 9.53 Å². The Morgan fingerprint density at radius 3 is 2.33 bits per heavy atom. The van der Waals surface area contributed by atoms with Gasteiger partial charge in [0.05, 0.1) is 17.8 Å². The van der Waals surface area contributed by atoms with Gasteiger partial charge in [0.25, 0.3) is 0 Å². The third-order valence-corrected chi connectivity index (χ3v) is 3.17. The molecular formula is C13H22O5. The second-order valence-corrected chi connectivity index (χ2v) is 4.86. The largest absolute Gasteiger partial charge is 0.428 e. The number of esters is 1. The monoisotopic (exact) mass is 258 g/mol. The van der Waals surface area contributed by atoms with Gasteiger partial charge in [0.15, 0.2) is 0 Å². The molecule has 0 aromatic heterocycles. The smallest absolute Gasteiger partial charge is 0.339 e. The topological polar surface area (TPSA) is 87.0 Å². The Bertz CT molecular complexity index is 321. The van der Waals surface area contributed by atoms with Gasteiger partial charge >= 0.3 is 5.97 Å². The molecule has 0 radical (unpaired) electrons. The van der Waals surface area contributed by atoms with Crippen molar-refractivity contribution in [3.8, 4) is 0 Å². The maximum Gasteiger partial charge on any atom is 0.339 e. The molecule has 0 aromatic rings. The SMILES string of the molecule is CC1=C(C(O)CCCCCC(C)O)C(=O)OC1O. The molecule has 18 heavy (non-hydrogen) atoms. The molecule has 1 aliphatic heterocycles. The van der Waals surface area contributed by atoms with Crippen molar-refractivity contribution in [1.29, 1.82) is 0 Å². The molecule has 0 saturated heterocycles. The summed E-state index contributed by atoms with van der Waals surface area (Å²) in [7, 11) is 0. The van der Waals surface area contributed by atoms with Crippen molar-refractivity contribution in [3.05, 3.63) is 11.1 Å². The zero-order valence-corrected chi connectivity index (χ0v) is 10.9. The van der Waals surface area contributed by atoms with Gasteiger partial charge in [-0.25, -0.2) is 4.79 Å². The highest BCUT2D eigenvalue weighted by Crippen LogP contribution is 2.25. The van der Waals surface area contributed by atoms with Crippen molar-refractivity contribution < 1.29 is 24.9 Å². The first-order valence-electron chi connectivity index (χ1n) is 6.39. The number of ether oxygens (including phenoxy) is 1. The van der Waals surface area contributed by atoms with Gasteiger partial charge in [0.2, 0.25) is 6.29 Å². The molecule has 0 aromatic carbocycles. The van der Waals surface area contributed by atoms with Gasteiger partial charge in [-0.2, -0.15) is 0 Å². The summed E-state index contributed by atoms with van der Waals surface area (Å²) in [6, 6.07) is 0. The van der Waals surface area contributed by atoms with E-state index in [-0.39, 0.29) is 11.7 Å². The van der Waals surface area contributed by atoms with E-state index >= 15 is 0 Å². The highest BCUT2D eigenvalue weighted by atomic mass is 16.6. The fourth-order valence-electron chi connectivity index (χ4n) is 2.04. The number of rotatable bonds is 7. The van der Waals surface area contributed by atoms with Crippen molar-refractivity contribution in [3.63, 3.8) is 0 Å². The molecular weight excluding hydrogens is 236 g/mol. The molecule has 3 N–H and O–H groups in total. The van der Waals surface area contributed by atoms with E-state index in [0.29, 0.717) is 12.0 Å². The summed E-state index contributed by atoms with van der Waals surface area (Å²) in [5.74, 6) is -0.628. The number of hydrogen-bond acceptors (Lipinski definition) is 5. The lowest BCUT2D eigenvalue weighted by Gasteiger charge is -2.10. The van der Waals surface area contributed by atoms with Crippen LogP contribution in [0.3, 0.4) is 0 Å². The summed E-state index contributed by atoms with van der Waals surface area (Å²) < 4.78 is 4.62. The van der Waals surface area contributed by atoms with Crippen molar-refractivity contribution in [2.75, 3.05) is 0 Å². The molecule has 0 fully saturated rings. The van der Waals surface area contributed by atoms with Crippen LogP contribution in [0.2, 0.25) is 0 Å². The molecule has 0 saturated carbocycles. The van der Waals surface area contributed by atoms with E-state index in [9.17, 15) is 15.0 Å². The van der Waals surface area contributed by atoms with Gasteiger partial charge in [0.1, 0.15) is 0 Å². The van der Waals surface area contributed by atoms with E-state index in [1.807, 2.05) is 0 Å². The van der Waals surface area contributed by atoms with E-state index in [1.165, 1.54) is 0 Å². The first-order valence-corrected chi connectivity index (χ1v) is 6.39. The Morgan fingerprint density at radius 1 is 1.22 bits per heavy atom. The summed E-state index contributed by atoms with van der Waals surface area (Å²) in [6.07, 6.45) is 1.40. The standard InChI is InChI=1S/C13H22O5/c1-8(14)6-4-3-5-7-10(15)11-9(2)12(16)18-13(11)17/h8,10,12,14-16H,3-7H2,1-2H3. The van der Waals surface area contributed by atoms with Crippen LogP contribution in [0, 0.1) is 0 Å². The number of aliphatic hydroxyl groups excluding tert-OH is 3. The van der Waals surface area contributed by atoms with Crippen molar-refractivity contribution in [2.24, 2.45) is 0 Å². The molecule has 104 valence electrons. The minimum absolute atomic E-state index is 0.193. The third kappa shape index (κ3) is 4.08. The van der Waals surface area contributed by atoms with E-state index in [2.05, 4.69) is 4.74 Å². The number of unbranched alkanes of at least 4 members (excludes halogenated alkanes) is 2. The van der Waals surface area contributed by atoms with Gasteiger partial charge in [-0.1, -0.05) is 19.3 Å². The molecule has 1 heterocycles. The molecule has 0 aliphatic carbocycles. The van der Waals surface area contributed by atoms with Crippen LogP contribution < -0.4 is 0 Å². The van der Waals surface area contributed by atoms with Gasteiger partial charge < -0.3 is 20.1 Å². The predicted octanol–water partition coefficient (Wildman–Crippen LogP) is 0.870. The first-order chi connectivity index (χ1) is 8.43. The van der Waals surface area contributed by atoms with Crippen LogP contribution >= 0.6 is 0 Å². The van der Waals surface area contributed by atoms with Gasteiger partial charge in [0, 0.05) is 5.57 Å². The molecule has 1 aliphatic rings. The third-order valence-electron chi connectivity index (χ3n) is 3.17. The second kappa shape index (κ2) is 6.87. The average Bonchev–Trinajstić information content (AvgIpc) is 2.52. The Labute approximate surface area is 107 Å². The summed E-state index contributed by atoms with van der Waals surface area (Å²) in [5, 5.41) is 28.3. The molecule has 5 heteroatoms. The van der Waals surface area contributed by atoms with Crippen LogP contribution in [-0.4, -0.2) is 39.8 Å². The average molecular weight is 258 g/mol. The van der Waals surface area contributed by atoms with E-state index in [0.717, 1.165) is 25.7 Å². The lowest BCUT2D eigenvalue weighted by atomic mass is 9.99. The van der Waals surface area contributed by atoms with Crippen LogP contribution in [0.25, 0.3) is 0 Å². The lowest BCUT2D eigenvalue weighted by molar-refractivity contribution is -0.152. The molecule has 0 spiro atoms. The zero-order valence-electron chi connectivity index (χ0n) is 10.9. The minimum Gasteiger partial charge on any atom is -0.428 e. The number of carbonyl (C=O) groups is 1. The highest BCUT2D eigenvalue weighted by molar-refractivity contribution is 5.92. The Balaban J connectivity index is 2.33. The predicted molar refractivity (Wildman–Crippen MR) is 65.6 cm³/mol. The molecule has 0 amide bonds. The number of hydrogen-bond donors (Lipinski definition) is 3. The van der Waals surface area contributed by atoms with Crippen LogP contribution in [0.5, 0.6) is 0 Å². The molecule has 3 unspecified atom stereocenters. The van der Waals surface area contributed by atoms with Crippen LogP contribution in [0.4, 0.5) is 0 Å². The van der Waals surface area contributed by atoms with E-state index in [1.54, 1.807) is 13.8 Å². The summed E-state index contributed by atoms with van der Waals surface area (Å²) in [6.45, 7) is 3.33. The fourth-order valence-corrected chi connectivity index (χ4v) is 2.04. The molecule has 5 nitrogen and oxygen atoms in total. The van der Waals surface area contributed by atoms with Gasteiger partial charge in [-0.3, -0.25) is 0 Å². The number of aliphatic hydroxyl groups is 3. The normalized spacial score (nSPS) is 23.2. The highest BCUT2D eigenvalue weighted by Gasteiger charge is 2.33. The first kappa shape index (κ1) is 15.1. The van der Waals surface area contributed by atoms with Crippen LogP contribution in [0.15, 0.2) is 11.1 Å². The van der Waals surface area contributed by atoms with E-state index < -0.39 is 18.4 Å². The second-order valence-electron chi connectivity index (χ2n) is 4.86. The molecule has 3 atom stereocenters. The van der Waals surface area contributed by atoms with Crippen LogP contribution in [0.1, 0.15) is 46.0 Å². The quantitative estimate of drug-likeness (QED) is 0.466. The van der Waals surface area contributed by atoms with Crippen molar-refractivity contribution in [2.45, 2.75) is 64.4 Å². The van der Waals surface area contributed by atoms with Gasteiger partial charge in [-0.05, 0) is 26.7 Å². The Hall–Kier alpha value is -0.910. The van der Waals surface area contributed by atoms with Gasteiger partial charge in [-0.15, -0.1) is 0 Å². The van der Waals surface area contributed by atoms with Crippen molar-refractivity contribution >= 4 is 5.97 Å². The Kier molecular flexibility index (Phi) is 5.78. The number of cyclic esters (lactones) is 1. The summed E-state index contributed by atoms with van der Waals surface area (Å²) in [4.78, 5) is 11.4. The minimum atomic E-state index is -1.21. The summed E-state index contributed by atoms with van der Waals surface area (Å²) >= 11 is 0. The fraction of sp³-hybridized carbons (Fsp3) is 0.769. The number of carbonyl (C=O) groups excluding carboxylic acids is 1. The Morgan fingerprint density at radius 2 is 1.83 bits per heavy atom. The summed E-state index contributed by atoms with van der Waals surface area (Å²) in [5.41, 5.74) is 0.592. The molecule has 1 rings (SSSR count). The molecule has 0 bridgehead atoms. The van der Waals surface area contributed by atoms with E-state index in [4.69, 9.17) is 5.11 Å². The maximum atomic E-state index is 11.4. The van der Waals surface area contributed by atoms with Crippen molar-refractivity contribution in [1.82, 2.24) is 0 Å².